The van der Waals surface area contributed by atoms with E-state index in [1.165, 1.54) is 5.56 Å². The largest absolute Gasteiger partial charge is 0.493 e. The molecule has 0 fully saturated rings. The average molecular weight is 368 g/mol. The molecule has 0 radical (unpaired) electrons. The van der Waals surface area contributed by atoms with Gasteiger partial charge in [-0.2, -0.15) is 0 Å². The normalized spacial score (nSPS) is 12.0. The summed E-state index contributed by atoms with van der Waals surface area (Å²) in [7, 11) is 3.29. The number of nitrogens with one attached hydrogen (secondary N) is 1. The van der Waals surface area contributed by atoms with Crippen LogP contribution in [-0.4, -0.2) is 26.8 Å². The van der Waals surface area contributed by atoms with Crippen molar-refractivity contribution in [3.63, 3.8) is 0 Å². The fraction of sp³-hybridized carbons (Fsp3) is 0.368. The van der Waals surface area contributed by atoms with Crippen LogP contribution in [0.5, 0.6) is 11.5 Å². The lowest BCUT2D eigenvalue weighted by atomic mass is 10.1. The van der Waals surface area contributed by atoms with E-state index in [1.807, 2.05) is 24.3 Å². The summed E-state index contributed by atoms with van der Waals surface area (Å²) in [6.07, 6.45) is 1.78. The molecule has 0 aromatic heterocycles. The van der Waals surface area contributed by atoms with Gasteiger partial charge in [-0.05, 0) is 61.7 Å². The van der Waals surface area contributed by atoms with E-state index in [-0.39, 0.29) is 0 Å². The topological polar surface area (TPSA) is 30.5 Å². The third-order valence-electron chi connectivity index (χ3n) is 3.89. The molecule has 24 heavy (non-hydrogen) atoms. The summed E-state index contributed by atoms with van der Waals surface area (Å²) < 4.78 is 10.6. The standard InChI is InChI=1S/C19H23Cl2NO2/c1-13(10-14-4-7-18(23-2)19(11-14)24-3)22-9-8-15-5-6-16(20)12-17(15)21/h4-7,11-13,22H,8-10H2,1-3H3. The minimum atomic E-state index is 0.342. The van der Waals surface area contributed by atoms with Gasteiger partial charge in [0.15, 0.2) is 11.5 Å². The summed E-state index contributed by atoms with van der Waals surface area (Å²) in [5, 5.41) is 4.91. The molecule has 0 bridgehead atoms. The van der Waals surface area contributed by atoms with Crippen LogP contribution in [0.4, 0.5) is 0 Å². The maximum absolute atomic E-state index is 6.20. The Morgan fingerprint density at radius 3 is 2.42 bits per heavy atom. The zero-order valence-electron chi connectivity index (χ0n) is 14.2. The predicted molar refractivity (Wildman–Crippen MR) is 101 cm³/mol. The summed E-state index contributed by atoms with van der Waals surface area (Å²) in [5.74, 6) is 1.51. The molecule has 0 saturated heterocycles. The molecule has 3 nitrogen and oxygen atoms in total. The zero-order chi connectivity index (χ0) is 17.5. The molecule has 0 aliphatic rings. The molecule has 2 rings (SSSR count). The highest BCUT2D eigenvalue weighted by Gasteiger charge is 2.08. The number of halogens is 2. The van der Waals surface area contributed by atoms with E-state index in [1.54, 1.807) is 20.3 Å². The Balaban J connectivity index is 1.86. The van der Waals surface area contributed by atoms with Gasteiger partial charge >= 0.3 is 0 Å². The molecule has 0 heterocycles. The van der Waals surface area contributed by atoms with Crippen molar-refractivity contribution in [2.24, 2.45) is 0 Å². The molecule has 2 aromatic rings. The minimum Gasteiger partial charge on any atom is -0.493 e. The zero-order valence-corrected chi connectivity index (χ0v) is 15.7. The van der Waals surface area contributed by atoms with Gasteiger partial charge < -0.3 is 14.8 Å². The molecule has 0 saturated carbocycles. The monoisotopic (exact) mass is 367 g/mol. The fourth-order valence-corrected chi connectivity index (χ4v) is 3.11. The van der Waals surface area contributed by atoms with Gasteiger partial charge in [-0.1, -0.05) is 35.3 Å². The van der Waals surface area contributed by atoms with Crippen LogP contribution in [0.25, 0.3) is 0 Å². The second kappa shape index (κ2) is 9.16. The molecule has 5 heteroatoms. The molecule has 0 spiro atoms. The Hall–Kier alpha value is -1.42. The highest BCUT2D eigenvalue weighted by atomic mass is 35.5. The van der Waals surface area contributed by atoms with E-state index in [4.69, 9.17) is 32.7 Å². The van der Waals surface area contributed by atoms with Crippen LogP contribution in [0.1, 0.15) is 18.1 Å². The van der Waals surface area contributed by atoms with Crippen molar-refractivity contribution < 1.29 is 9.47 Å². The summed E-state index contributed by atoms with van der Waals surface area (Å²) in [4.78, 5) is 0. The fourth-order valence-electron chi connectivity index (χ4n) is 2.61. The first-order valence-electron chi connectivity index (χ1n) is 7.91. The van der Waals surface area contributed by atoms with Crippen molar-refractivity contribution in [3.05, 3.63) is 57.6 Å². The first kappa shape index (κ1) is 18.9. The summed E-state index contributed by atoms with van der Waals surface area (Å²) >= 11 is 12.1. The maximum Gasteiger partial charge on any atom is 0.160 e. The van der Waals surface area contributed by atoms with Crippen LogP contribution >= 0.6 is 23.2 Å². The number of methoxy groups -OCH3 is 2. The summed E-state index contributed by atoms with van der Waals surface area (Å²) in [5.41, 5.74) is 2.31. The van der Waals surface area contributed by atoms with Crippen LogP contribution < -0.4 is 14.8 Å². The Bertz CT molecular complexity index is 676. The van der Waals surface area contributed by atoms with E-state index >= 15 is 0 Å². The molecule has 0 aliphatic heterocycles. The second-order valence-corrected chi connectivity index (χ2v) is 6.58. The SMILES string of the molecule is COc1ccc(CC(C)NCCc2ccc(Cl)cc2Cl)cc1OC. The molecular formula is C19H23Cl2NO2. The van der Waals surface area contributed by atoms with Crippen molar-refractivity contribution in [2.75, 3.05) is 20.8 Å². The van der Waals surface area contributed by atoms with Crippen molar-refractivity contribution in [3.8, 4) is 11.5 Å². The van der Waals surface area contributed by atoms with Crippen LogP contribution in [0, 0.1) is 0 Å². The lowest BCUT2D eigenvalue weighted by Crippen LogP contribution is -2.30. The summed E-state index contributed by atoms with van der Waals surface area (Å²) in [6, 6.07) is 12.0. The van der Waals surface area contributed by atoms with Crippen LogP contribution in [0.2, 0.25) is 10.0 Å². The maximum atomic E-state index is 6.20. The molecule has 130 valence electrons. The third kappa shape index (κ3) is 5.30. The Morgan fingerprint density at radius 2 is 1.75 bits per heavy atom. The van der Waals surface area contributed by atoms with Crippen molar-refractivity contribution >= 4 is 23.2 Å². The van der Waals surface area contributed by atoms with Crippen molar-refractivity contribution in [1.29, 1.82) is 0 Å². The van der Waals surface area contributed by atoms with Gasteiger partial charge in [0.1, 0.15) is 0 Å². The number of benzene rings is 2. The first-order valence-corrected chi connectivity index (χ1v) is 8.67. The molecule has 0 aliphatic carbocycles. The Kier molecular flexibility index (Phi) is 7.22. The Morgan fingerprint density at radius 1 is 1.00 bits per heavy atom. The minimum absolute atomic E-state index is 0.342. The van der Waals surface area contributed by atoms with Gasteiger partial charge in [0.05, 0.1) is 14.2 Å². The van der Waals surface area contributed by atoms with E-state index in [2.05, 4.69) is 18.3 Å². The average Bonchev–Trinajstić information content (AvgIpc) is 2.56. The molecule has 1 unspecified atom stereocenters. The van der Waals surface area contributed by atoms with Crippen molar-refractivity contribution in [2.45, 2.75) is 25.8 Å². The predicted octanol–water partition coefficient (Wildman–Crippen LogP) is 4.77. The molecule has 1 N–H and O–H groups in total. The number of hydrogen-bond acceptors (Lipinski definition) is 3. The van der Waals surface area contributed by atoms with Crippen LogP contribution in [0.15, 0.2) is 36.4 Å². The van der Waals surface area contributed by atoms with Gasteiger partial charge in [0.25, 0.3) is 0 Å². The third-order valence-corrected chi connectivity index (χ3v) is 4.48. The van der Waals surface area contributed by atoms with E-state index in [9.17, 15) is 0 Å². The van der Waals surface area contributed by atoms with Gasteiger partial charge in [-0.15, -0.1) is 0 Å². The molecule has 1 atom stereocenters. The van der Waals surface area contributed by atoms with Gasteiger partial charge in [-0.3, -0.25) is 0 Å². The second-order valence-electron chi connectivity index (χ2n) is 5.73. The quantitative estimate of drug-likeness (QED) is 0.728. The lowest BCUT2D eigenvalue weighted by Gasteiger charge is -2.16. The molecule has 0 amide bonds. The highest BCUT2D eigenvalue weighted by Crippen LogP contribution is 2.28. The molecule has 2 aromatic carbocycles. The Labute approximate surface area is 153 Å². The first-order chi connectivity index (χ1) is 11.5. The highest BCUT2D eigenvalue weighted by molar-refractivity contribution is 6.35. The van der Waals surface area contributed by atoms with Gasteiger partial charge in [-0.25, -0.2) is 0 Å². The van der Waals surface area contributed by atoms with E-state index in [0.717, 1.165) is 41.5 Å². The van der Waals surface area contributed by atoms with Gasteiger partial charge in [0.2, 0.25) is 0 Å². The van der Waals surface area contributed by atoms with Crippen LogP contribution in [0.3, 0.4) is 0 Å². The van der Waals surface area contributed by atoms with E-state index < -0.39 is 0 Å². The number of hydrogen-bond donors (Lipinski definition) is 1. The smallest absolute Gasteiger partial charge is 0.160 e. The van der Waals surface area contributed by atoms with Crippen LogP contribution in [-0.2, 0) is 12.8 Å². The lowest BCUT2D eigenvalue weighted by molar-refractivity contribution is 0.354. The number of rotatable bonds is 8. The molecular weight excluding hydrogens is 345 g/mol. The van der Waals surface area contributed by atoms with Gasteiger partial charge in [0, 0.05) is 16.1 Å². The number of ether oxygens (including phenoxy) is 2. The summed E-state index contributed by atoms with van der Waals surface area (Å²) in [6.45, 7) is 3.02. The van der Waals surface area contributed by atoms with Crippen molar-refractivity contribution in [1.82, 2.24) is 5.32 Å². The van der Waals surface area contributed by atoms with E-state index in [0.29, 0.717) is 11.1 Å².